The molecule has 1 atom stereocenters. The van der Waals surface area contributed by atoms with Gasteiger partial charge in [0, 0.05) is 6.04 Å². The Balaban J connectivity index is 2.16. The van der Waals surface area contributed by atoms with Crippen molar-refractivity contribution in [3.63, 3.8) is 0 Å². The van der Waals surface area contributed by atoms with E-state index < -0.39 is 0 Å². The van der Waals surface area contributed by atoms with Crippen LogP contribution in [0.25, 0.3) is 0 Å². The van der Waals surface area contributed by atoms with E-state index in [-0.39, 0.29) is 0 Å². The molecule has 1 unspecified atom stereocenters. The average molecular weight is 198 g/mol. The normalized spacial score (nSPS) is 26.1. The van der Waals surface area contributed by atoms with Gasteiger partial charge in [-0.1, -0.05) is 27.7 Å². The van der Waals surface area contributed by atoms with Gasteiger partial charge in [-0.2, -0.15) is 0 Å². The molecule has 84 valence electrons. The zero-order chi connectivity index (χ0) is 11.0. The highest BCUT2D eigenvalue weighted by Crippen LogP contribution is 2.67. The summed E-state index contributed by atoms with van der Waals surface area (Å²) in [5, 5.41) is 3.51. The van der Waals surface area contributed by atoms with Crippen LogP contribution in [-0.4, -0.2) is 19.1 Å². The molecular formula is C12H26N2. The Morgan fingerprint density at radius 1 is 1.21 bits per heavy atom. The van der Waals surface area contributed by atoms with E-state index in [1.165, 1.54) is 0 Å². The van der Waals surface area contributed by atoms with Crippen molar-refractivity contribution in [2.24, 2.45) is 22.5 Å². The van der Waals surface area contributed by atoms with E-state index >= 15 is 0 Å². The highest BCUT2D eigenvalue weighted by molar-refractivity contribution is 5.12. The van der Waals surface area contributed by atoms with E-state index in [0.29, 0.717) is 16.9 Å². The lowest BCUT2D eigenvalue weighted by Crippen LogP contribution is -2.26. The van der Waals surface area contributed by atoms with E-state index in [2.05, 4.69) is 39.9 Å². The topological polar surface area (TPSA) is 38.0 Å². The Morgan fingerprint density at radius 3 is 2.07 bits per heavy atom. The Bertz CT molecular complexity index is 180. The first-order chi connectivity index (χ1) is 6.30. The molecule has 1 saturated carbocycles. The summed E-state index contributed by atoms with van der Waals surface area (Å²) >= 11 is 0. The molecule has 0 saturated heterocycles. The molecule has 0 radical (unpaired) electrons. The zero-order valence-corrected chi connectivity index (χ0v) is 10.4. The van der Waals surface area contributed by atoms with E-state index in [1.54, 1.807) is 0 Å². The van der Waals surface area contributed by atoms with Crippen LogP contribution in [0.3, 0.4) is 0 Å². The Labute approximate surface area is 88.6 Å². The smallest absolute Gasteiger partial charge is 0.00225 e. The number of nitrogens with one attached hydrogen (secondary N) is 1. The van der Waals surface area contributed by atoms with Crippen molar-refractivity contribution in [1.29, 1.82) is 0 Å². The van der Waals surface area contributed by atoms with Gasteiger partial charge in [0.2, 0.25) is 0 Å². The minimum absolute atomic E-state index is 0.322. The highest BCUT2D eigenvalue weighted by atomic mass is 14.9. The molecule has 3 N–H and O–H groups in total. The maximum absolute atomic E-state index is 5.69. The summed E-state index contributed by atoms with van der Waals surface area (Å²) < 4.78 is 0. The summed E-state index contributed by atoms with van der Waals surface area (Å²) in [5.41, 5.74) is 6.71. The van der Waals surface area contributed by atoms with Gasteiger partial charge < -0.3 is 11.1 Å². The molecule has 0 amide bonds. The summed E-state index contributed by atoms with van der Waals surface area (Å²) in [7, 11) is 0. The van der Waals surface area contributed by atoms with Crippen LogP contribution in [-0.2, 0) is 0 Å². The van der Waals surface area contributed by atoms with Crippen LogP contribution >= 0.6 is 0 Å². The lowest BCUT2D eigenvalue weighted by molar-refractivity contribution is 0.457. The third-order valence-electron chi connectivity index (χ3n) is 4.44. The second kappa shape index (κ2) is 3.82. The predicted molar refractivity (Wildman–Crippen MR) is 62.2 cm³/mol. The third kappa shape index (κ3) is 2.12. The largest absolute Gasteiger partial charge is 0.328 e. The standard InChI is InChI=1S/C12H26N2/c1-9(13)6-7-14-8-10-11(2,3)12(10,4)5/h9-10,14H,6-8,13H2,1-5H3. The molecule has 0 bridgehead atoms. The molecule has 1 rings (SSSR count). The molecule has 1 fully saturated rings. The molecule has 2 heteroatoms. The zero-order valence-electron chi connectivity index (χ0n) is 10.4. The lowest BCUT2D eigenvalue weighted by Gasteiger charge is -2.07. The van der Waals surface area contributed by atoms with E-state index in [0.717, 1.165) is 25.4 Å². The Kier molecular flexibility index (Phi) is 3.27. The number of hydrogen-bond acceptors (Lipinski definition) is 2. The van der Waals surface area contributed by atoms with Gasteiger partial charge in [-0.25, -0.2) is 0 Å². The molecule has 1 aliphatic carbocycles. The first-order valence-corrected chi connectivity index (χ1v) is 5.76. The van der Waals surface area contributed by atoms with Crippen molar-refractivity contribution in [3.05, 3.63) is 0 Å². The maximum atomic E-state index is 5.69. The van der Waals surface area contributed by atoms with Crippen molar-refractivity contribution in [1.82, 2.24) is 5.32 Å². The quantitative estimate of drug-likeness (QED) is 0.663. The van der Waals surface area contributed by atoms with Crippen LogP contribution in [0.4, 0.5) is 0 Å². The molecule has 0 aromatic carbocycles. The fourth-order valence-electron chi connectivity index (χ4n) is 2.42. The Morgan fingerprint density at radius 2 is 1.71 bits per heavy atom. The highest BCUT2D eigenvalue weighted by Gasteiger charge is 2.63. The molecule has 2 nitrogen and oxygen atoms in total. The summed E-state index contributed by atoms with van der Waals surface area (Å²) in [4.78, 5) is 0. The van der Waals surface area contributed by atoms with Gasteiger partial charge in [-0.3, -0.25) is 0 Å². The molecule has 1 aliphatic rings. The van der Waals surface area contributed by atoms with Crippen molar-refractivity contribution in [2.75, 3.05) is 13.1 Å². The monoisotopic (exact) mass is 198 g/mol. The van der Waals surface area contributed by atoms with Crippen LogP contribution in [0.1, 0.15) is 41.0 Å². The maximum Gasteiger partial charge on any atom is 0.00225 e. The number of rotatable bonds is 5. The van der Waals surface area contributed by atoms with Gasteiger partial charge in [0.15, 0.2) is 0 Å². The van der Waals surface area contributed by atoms with E-state index in [4.69, 9.17) is 5.73 Å². The number of nitrogens with two attached hydrogens (primary N) is 1. The lowest BCUT2D eigenvalue weighted by atomic mass is 10.0. The van der Waals surface area contributed by atoms with Gasteiger partial charge in [0.1, 0.15) is 0 Å². The van der Waals surface area contributed by atoms with Crippen LogP contribution in [0.5, 0.6) is 0 Å². The van der Waals surface area contributed by atoms with Crippen LogP contribution in [0.2, 0.25) is 0 Å². The van der Waals surface area contributed by atoms with Crippen LogP contribution in [0.15, 0.2) is 0 Å². The SMILES string of the molecule is CC(N)CCNCC1C(C)(C)C1(C)C. The minimum atomic E-state index is 0.322. The van der Waals surface area contributed by atoms with Gasteiger partial charge in [-0.15, -0.1) is 0 Å². The molecule has 0 spiro atoms. The second-order valence-electron chi connectivity index (χ2n) is 5.97. The van der Waals surface area contributed by atoms with Gasteiger partial charge in [-0.05, 0) is 43.2 Å². The predicted octanol–water partition coefficient (Wildman–Crippen LogP) is 2.00. The molecule has 0 aromatic heterocycles. The number of hydrogen-bond donors (Lipinski definition) is 2. The van der Waals surface area contributed by atoms with E-state index in [9.17, 15) is 0 Å². The third-order valence-corrected chi connectivity index (χ3v) is 4.44. The summed E-state index contributed by atoms with van der Waals surface area (Å²) in [5.74, 6) is 0.822. The van der Waals surface area contributed by atoms with Crippen molar-refractivity contribution in [3.8, 4) is 0 Å². The molecule has 14 heavy (non-hydrogen) atoms. The van der Waals surface area contributed by atoms with Crippen molar-refractivity contribution >= 4 is 0 Å². The summed E-state index contributed by atoms with van der Waals surface area (Å²) in [6.45, 7) is 13.7. The molecular weight excluding hydrogens is 172 g/mol. The second-order valence-corrected chi connectivity index (χ2v) is 5.97. The first-order valence-electron chi connectivity index (χ1n) is 5.76. The van der Waals surface area contributed by atoms with Gasteiger partial charge in [0.05, 0.1) is 0 Å². The Hall–Kier alpha value is -0.0800. The van der Waals surface area contributed by atoms with Crippen molar-refractivity contribution < 1.29 is 0 Å². The van der Waals surface area contributed by atoms with Gasteiger partial charge >= 0.3 is 0 Å². The minimum Gasteiger partial charge on any atom is -0.328 e. The van der Waals surface area contributed by atoms with Crippen LogP contribution in [0, 0.1) is 16.7 Å². The summed E-state index contributed by atoms with van der Waals surface area (Å²) in [6, 6.07) is 0.322. The fourth-order valence-corrected chi connectivity index (χ4v) is 2.42. The van der Waals surface area contributed by atoms with Gasteiger partial charge in [0.25, 0.3) is 0 Å². The fraction of sp³-hybridized carbons (Fsp3) is 1.00. The average Bonchev–Trinajstić information content (AvgIpc) is 2.38. The molecule has 0 aromatic rings. The van der Waals surface area contributed by atoms with Crippen molar-refractivity contribution in [2.45, 2.75) is 47.1 Å². The summed E-state index contributed by atoms with van der Waals surface area (Å²) in [6.07, 6.45) is 1.08. The van der Waals surface area contributed by atoms with Crippen LogP contribution < -0.4 is 11.1 Å². The molecule has 0 aliphatic heterocycles. The molecule has 0 heterocycles. The van der Waals surface area contributed by atoms with E-state index in [1.807, 2.05) is 0 Å². The first kappa shape index (κ1) is 12.0.